The molecule has 2 bridgehead atoms. The van der Waals surface area contributed by atoms with Gasteiger partial charge in [0.25, 0.3) is 0 Å². The average molecular weight is 423 g/mol. The Bertz CT molecular complexity index is 1260. The second kappa shape index (κ2) is 6.39. The third-order valence-corrected chi connectivity index (χ3v) is 7.59. The molecule has 0 aromatic heterocycles. The molecular weight excluding hydrogens is 402 g/mol. The van der Waals surface area contributed by atoms with Crippen molar-refractivity contribution in [2.45, 2.75) is 18.3 Å². The number of amides is 2. The summed E-state index contributed by atoms with van der Waals surface area (Å²) >= 11 is 0. The fourth-order valence-corrected chi connectivity index (χ4v) is 6.27. The van der Waals surface area contributed by atoms with E-state index in [2.05, 4.69) is 31.2 Å². The first-order valence-corrected chi connectivity index (χ1v) is 10.7. The highest BCUT2D eigenvalue weighted by atomic mass is 16.5. The summed E-state index contributed by atoms with van der Waals surface area (Å²) in [7, 11) is 1.32. The van der Waals surface area contributed by atoms with Crippen molar-refractivity contribution in [3.05, 3.63) is 101 Å². The number of hydrogen-bond acceptors (Lipinski definition) is 4. The van der Waals surface area contributed by atoms with Gasteiger partial charge in [0.1, 0.15) is 0 Å². The van der Waals surface area contributed by atoms with Gasteiger partial charge in [-0.2, -0.15) is 0 Å². The van der Waals surface area contributed by atoms with Crippen molar-refractivity contribution in [1.82, 2.24) is 0 Å². The number of rotatable bonds is 2. The molecule has 5 heteroatoms. The minimum absolute atomic E-state index is 0.148. The normalized spacial score (nSPS) is 27.1. The number of imide groups is 1. The van der Waals surface area contributed by atoms with E-state index in [0.29, 0.717) is 11.3 Å². The van der Waals surface area contributed by atoms with Crippen molar-refractivity contribution in [2.24, 2.45) is 11.8 Å². The quantitative estimate of drug-likeness (QED) is 0.461. The maximum absolute atomic E-state index is 13.9. The molecule has 3 aromatic carbocycles. The Balaban J connectivity index is 1.52. The van der Waals surface area contributed by atoms with Gasteiger partial charge in [0.05, 0.1) is 30.2 Å². The molecule has 2 atom stereocenters. The molecule has 5 nitrogen and oxygen atoms in total. The Morgan fingerprint density at radius 1 is 0.844 bits per heavy atom. The molecule has 1 heterocycles. The molecule has 1 fully saturated rings. The second-order valence-electron chi connectivity index (χ2n) is 8.91. The van der Waals surface area contributed by atoms with Crippen LogP contribution in [-0.2, 0) is 19.7 Å². The third-order valence-electron chi connectivity index (χ3n) is 7.59. The van der Waals surface area contributed by atoms with Gasteiger partial charge in [-0.15, -0.1) is 0 Å². The highest BCUT2D eigenvalue weighted by molar-refractivity contribution is 6.23. The summed E-state index contributed by atoms with van der Waals surface area (Å²) in [5, 5.41) is 0. The monoisotopic (exact) mass is 423 g/mol. The van der Waals surface area contributed by atoms with E-state index in [-0.39, 0.29) is 17.7 Å². The Labute approximate surface area is 185 Å². The molecule has 0 N–H and O–H groups in total. The van der Waals surface area contributed by atoms with Gasteiger partial charge < -0.3 is 4.74 Å². The summed E-state index contributed by atoms with van der Waals surface area (Å²) in [5.41, 5.74) is 4.82. The zero-order chi connectivity index (χ0) is 22.2. The van der Waals surface area contributed by atoms with E-state index < -0.39 is 23.2 Å². The summed E-state index contributed by atoms with van der Waals surface area (Å²) < 4.78 is 4.76. The Hall–Kier alpha value is -3.73. The Morgan fingerprint density at radius 2 is 1.41 bits per heavy atom. The van der Waals surface area contributed by atoms with Crippen LogP contribution in [-0.4, -0.2) is 24.9 Å². The summed E-state index contributed by atoms with van der Waals surface area (Å²) in [6.07, 6.45) is 0. The maximum Gasteiger partial charge on any atom is 0.337 e. The SMILES string of the molecule is COC(=O)c1ccc(N2C(=O)[C@@H]3C4c5ccccc5C(C)(c5ccccc54)[C@H]3C2=O)cc1. The molecule has 0 spiro atoms. The van der Waals surface area contributed by atoms with E-state index >= 15 is 0 Å². The van der Waals surface area contributed by atoms with Crippen LogP contribution < -0.4 is 4.90 Å². The summed E-state index contributed by atoms with van der Waals surface area (Å²) in [6, 6.07) is 22.9. The van der Waals surface area contributed by atoms with Gasteiger partial charge in [-0.05, 0) is 46.5 Å². The smallest absolute Gasteiger partial charge is 0.337 e. The summed E-state index contributed by atoms with van der Waals surface area (Å²) in [5.74, 6) is -1.87. The van der Waals surface area contributed by atoms with Crippen LogP contribution in [0.4, 0.5) is 5.69 Å². The van der Waals surface area contributed by atoms with E-state index in [1.165, 1.54) is 12.0 Å². The van der Waals surface area contributed by atoms with Crippen LogP contribution in [0, 0.1) is 11.8 Å². The van der Waals surface area contributed by atoms with E-state index in [1.54, 1.807) is 24.3 Å². The number of nitrogens with zero attached hydrogens (tertiary/aromatic N) is 1. The highest BCUT2D eigenvalue weighted by Gasteiger charge is 2.66. The van der Waals surface area contributed by atoms with Crippen molar-refractivity contribution in [1.29, 1.82) is 0 Å². The van der Waals surface area contributed by atoms with Crippen molar-refractivity contribution >= 4 is 23.5 Å². The van der Waals surface area contributed by atoms with Gasteiger partial charge in [-0.25, -0.2) is 9.69 Å². The standard InChI is InChI=1S/C27H21NO4/c1-27-19-9-5-3-7-17(19)21(18-8-4-6-10-20(18)27)22-23(27)25(30)28(24(22)29)16-13-11-15(12-14-16)26(31)32-2/h3-14,21-23H,1-2H3/t21?,22-,23-,27?/m1/s1. The first-order chi connectivity index (χ1) is 15.5. The molecule has 0 radical (unpaired) electrons. The highest BCUT2D eigenvalue weighted by Crippen LogP contribution is 2.64. The number of benzene rings is 3. The van der Waals surface area contributed by atoms with Gasteiger partial charge in [0.15, 0.2) is 0 Å². The number of carbonyl (C=O) groups excluding carboxylic acids is 3. The fourth-order valence-electron chi connectivity index (χ4n) is 6.27. The lowest BCUT2D eigenvalue weighted by molar-refractivity contribution is -0.123. The van der Waals surface area contributed by atoms with Gasteiger partial charge in [0.2, 0.25) is 11.8 Å². The van der Waals surface area contributed by atoms with Crippen molar-refractivity contribution in [3.8, 4) is 0 Å². The molecule has 158 valence electrons. The first kappa shape index (κ1) is 19.0. The topological polar surface area (TPSA) is 63.7 Å². The van der Waals surface area contributed by atoms with Gasteiger partial charge >= 0.3 is 5.97 Å². The predicted octanol–water partition coefficient (Wildman–Crippen LogP) is 4.04. The average Bonchev–Trinajstić information content (AvgIpc) is 3.10. The molecule has 0 saturated carbocycles. The van der Waals surface area contributed by atoms with Gasteiger partial charge in [-0.3, -0.25) is 9.59 Å². The number of hydrogen-bond donors (Lipinski definition) is 0. The molecule has 4 aliphatic rings. The molecular formula is C27H21NO4. The molecule has 3 aliphatic carbocycles. The lowest BCUT2D eigenvalue weighted by Crippen LogP contribution is -2.51. The zero-order valence-electron chi connectivity index (χ0n) is 17.7. The van der Waals surface area contributed by atoms with Crippen LogP contribution in [0.3, 0.4) is 0 Å². The van der Waals surface area contributed by atoms with E-state index in [4.69, 9.17) is 4.74 Å². The Kier molecular flexibility index (Phi) is 3.79. The number of esters is 1. The Morgan fingerprint density at radius 3 is 1.97 bits per heavy atom. The van der Waals surface area contributed by atoms with Crippen molar-refractivity contribution in [3.63, 3.8) is 0 Å². The molecule has 7 rings (SSSR count). The number of carbonyl (C=O) groups is 3. The third kappa shape index (κ3) is 2.15. The van der Waals surface area contributed by atoms with E-state index in [1.807, 2.05) is 24.3 Å². The van der Waals surface area contributed by atoms with Crippen LogP contribution >= 0.6 is 0 Å². The van der Waals surface area contributed by atoms with E-state index in [0.717, 1.165) is 22.3 Å². The summed E-state index contributed by atoms with van der Waals surface area (Å²) in [4.78, 5) is 40.8. The molecule has 1 saturated heterocycles. The van der Waals surface area contributed by atoms with E-state index in [9.17, 15) is 14.4 Å². The molecule has 32 heavy (non-hydrogen) atoms. The summed E-state index contributed by atoms with van der Waals surface area (Å²) in [6.45, 7) is 2.10. The van der Waals surface area contributed by atoms with Gasteiger partial charge in [-0.1, -0.05) is 55.5 Å². The lowest BCUT2D eigenvalue weighted by atomic mass is 9.48. The number of ether oxygens (including phenoxy) is 1. The van der Waals surface area contributed by atoms with Crippen LogP contribution in [0.25, 0.3) is 0 Å². The number of methoxy groups -OCH3 is 1. The first-order valence-electron chi connectivity index (χ1n) is 10.7. The van der Waals surface area contributed by atoms with Crippen LogP contribution in [0.5, 0.6) is 0 Å². The number of anilines is 1. The van der Waals surface area contributed by atoms with Gasteiger partial charge in [0, 0.05) is 11.3 Å². The minimum atomic E-state index is -0.583. The maximum atomic E-state index is 13.9. The van der Waals surface area contributed by atoms with Crippen molar-refractivity contribution < 1.29 is 19.1 Å². The molecule has 0 unspecified atom stereocenters. The van der Waals surface area contributed by atoms with Crippen LogP contribution in [0.2, 0.25) is 0 Å². The molecule has 3 aromatic rings. The van der Waals surface area contributed by atoms with Crippen LogP contribution in [0.15, 0.2) is 72.8 Å². The fraction of sp³-hybridized carbons (Fsp3) is 0.222. The molecule has 2 amide bonds. The predicted molar refractivity (Wildman–Crippen MR) is 118 cm³/mol. The largest absolute Gasteiger partial charge is 0.465 e. The van der Waals surface area contributed by atoms with Crippen LogP contribution in [0.1, 0.15) is 45.5 Å². The van der Waals surface area contributed by atoms with Crippen molar-refractivity contribution in [2.75, 3.05) is 12.0 Å². The second-order valence-corrected chi connectivity index (χ2v) is 8.91. The molecule has 1 aliphatic heterocycles. The minimum Gasteiger partial charge on any atom is -0.465 e. The lowest BCUT2D eigenvalue weighted by Gasteiger charge is -2.52. The zero-order valence-corrected chi connectivity index (χ0v) is 17.7.